The molecule has 2 aromatic carbocycles. The molecule has 3 rings (SSSR count). The molecule has 0 bridgehead atoms. The van der Waals surface area contributed by atoms with E-state index in [9.17, 15) is 4.79 Å². The number of hydrogen-bond acceptors (Lipinski definition) is 3. The van der Waals surface area contributed by atoms with Crippen LogP contribution in [0.4, 0.5) is 5.69 Å². The molecule has 0 atom stereocenters. The van der Waals surface area contributed by atoms with Gasteiger partial charge in [-0.25, -0.2) is 4.98 Å². The standard InChI is InChI=1S/C19H15Cl3N2O2/c1-10-3-5-12(20)7-16(10)24-17(25)9-26-19-15(22)8-14(21)13-6-4-11(2)23-18(13)19/h3-8H,9H2,1-2H3,(H,24,25). The van der Waals surface area contributed by atoms with E-state index < -0.39 is 0 Å². The van der Waals surface area contributed by atoms with Crippen molar-refractivity contribution in [2.45, 2.75) is 13.8 Å². The van der Waals surface area contributed by atoms with E-state index in [0.29, 0.717) is 37.4 Å². The highest BCUT2D eigenvalue weighted by molar-refractivity contribution is 6.39. The molecular formula is C19H15Cl3N2O2. The number of ether oxygens (including phenoxy) is 1. The summed E-state index contributed by atoms with van der Waals surface area (Å²) >= 11 is 18.4. The summed E-state index contributed by atoms with van der Waals surface area (Å²) in [4.78, 5) is 16.7. The van der Waals surface area contributed by atoms with Gasteiger partial charge in [0.15, 0.2) is 12.4 Å². The van der Waals surface area contributed by atoms with E-state index in [0.717, 1.165) is 11.3 Å². The average Bonchev–Trinajstić information content (AvgIpc) is 2.57. The predicted molar refractivity (Wildman–Crippen MR) is 107 cm³/mol. The van der Waals surface area contributed by atoms with Gasteiger partial charge in [-0.2, -0.15) is 0 Å². The Morgan fingerprint density at radius 1 is 1.08 bits per heavy atom. The van der Waals surface area contributed by atoms with Crippen LogP contribution in [0.1, 0.15) is 11.3 Å². The van der Waals surface area contributed by atoms with Gasteiger partial charge in [0.2, 0.25) is 0 Å². The second-order valence-corrected chi connectivity index (χ2v) is 7.07. The average molecular weight is 410 g/mol. The van der Waals surface area contributed by atoms with Crippen molar-refractivity contribution in [3.63, 3.8) is 0 Å². The number of halogens is 3. The Labute approximate surface area is 166 Å². The Kier molecular flexibility index (Phi) is 5.56. The Balaban J connectivity index is 1.82. The van der Waals surface area contributed by atoms with Crippen LogP contribution >= 0.6 is 34.8 Å². The zero-order chi connectivity index (χ0) is 18.8. The van der Waals surface area contributed by atoms with Crippen LogP contribution in [0.3, 0.4) is 0 Å². The summed E-state index contributed by atoms with van der Waals surface area (Å²) in [7, 11) is 0. The van der Waals surface area contributed by atoms with E-state index in [1.54, 1.807) is 18.2 Å². The molecule has 1 amide bonds. The fourth-order valence-electron chi connectivity index (χ4n) is 2.48. The zero-order valence-electron chi connectivity index (χ0n) is 14.1. The van der Waals surface area contributed by atoms with Gasteiger partial charge in [0, 0.05) is 21.8 Å². The molecule has 0 unspecified atom stereocenters. The molecule has 0 spiro atoms. The second kappa shape index (κ2) is 7.70. The maximum absolute atomic E-state index is 12.3. The van der Waals surface area contributed by atoms with Crippen LogP contribution in [-0.2, 0) is 4.79 Å². The third-order valence-electron chi connectivity index (χ3n) is 3.80. The van der Waals surface area contributed by atoms with Crippen LogP contribution in [0.5, 0.6) is 5.75 Å². The van der Waals surface area contributed by atoms with Gasteiger partial charge < -0.3 is 10.1 Å². The first-order chi connectivity index (χ1) is 12.3. The molecule has 1 N–H and O–H groups in total. The van der Waals surface area contributed by atoms with E-state index >= 15 is 0 Å². The lowest BCUT2D eigenvalue weighted by atomic mass is 10.2. The SMILES string of the molecule is Cc1ccc2c(Cl)cc(Cl)c(OCC(=O)Nc3cc(Cl)ccc3C)c2n1. The predicted octanol–water partition coefficient (Wildman–Crippen LogP) is 5.83. The number of carbonyl (C=O) groups is 1. The number of anilines is 1. The van der Waals surface area contributed by atoms with Crippen LogP contribution in [0.15, 0.2) is 36.4 Å². The van der Waals surface area contributed by atoms with Crippen molar-refractivity contribution in [1.29, 1.82) is 0 Å². The van der Waals surface area contributed by atoms with E-state index in [1.165, 1.54) is 0 Å². The summed E-state index contributed by atoms with van der Waals surface area (Å²) in [5, 5.41) is 4.80. The number of carbonyl (C=O) groups excluding carboxylic acids is 1. The van der Waals surface area contributed by atoms with Crippen LogP contribution < -0.4 is 10.1 Å². The van der Waals surface area contributed by atoms with Gasteiger partial charge in [0.1, 0.15) is 5.52 Å². The van der Waals surface area contributed by atoms with Crippen LogP contribution in [-0.4, -0.2) is 17.5 Å². The Hall–Kier alpha value is -2.01. The minimum absolute atomic E-state index is 0.224. The van der Waals surface area contributed by atoms with E-state index in [4.69, 9.17) is 39.5 Å². The molecule has 0 aliphatic rings. The lowest BCUT2D eigenvalue weighted by Gasteiger charge is -2.13. The van der Waals surface area contributed by atoms with E-state index in [2.05, 4.69) is 10.3 Å². The van der Waals surface area contributed by atoms with E-state index in [-0.39, 0.29) is 12.5 Å². The number of benzene rings is 2. The summed E-state index contributed by atoms with van der Waals surface area (Å²) in [6.45, 7) is 3.51. The molecule has 0 aliphatic carbocycles. The third kappa shape index (κ3) is 4.04. The van der Waals surface area contributed by atoms with Crippen molar-refractivity contribution >= 4 is 57.3 Å². The van der Waals surface area contributed by atoms with Gasteiger partial charge in [-0.05, 0) is 49.7 Å². The monoisotopic (exact) mass is 408 g/mol. The minimum atomic E-state index is -0.331. The van der Waals surface area contributed by atoms with Gasteiger partial charge in [-0.3, -0.25) is 4.79 Å². The number of hydrogen-bond donors (Lipinski definition) is 1. The molecule has 0 aliphatic heterocycles. The molecule has 26 heavy (non-hydrogen) atoms. The largest absolute Gasteiger partial charge is 0.480 e. The summed E-state index contributed by atoms with van der Waals surface area (Å²) < 4.78 is 5.67. The van der Waals surface area contributed by atoms with Crippen molar-refractivity contribution in [3.8, 4) is 5.75 Å². The Morgan fingerprint density at radius 3 is 2.62 bits per heavy atom. The highest BCUT2D eigenvalue weighted by Gasteiger charge is 2.15. The molecule has 0 saturated carbocycles. The second-order valence-electron chi connectivity index (χ2n) is 5.81. The first-order valence-corrected chi connectivity index (χ1v) is 8.92. The highest BCUT2D eigenvalue weighted by atomic mass is 35.5. The lowest BCUT2D eigenvalue weighted by Crippen LogP contribution is -2.21. The topological polar surface area (TPSA) is 51.2 Å². The van der Waals surface area contributed by atoms with Crippen molar-refractivity contribution < 1.29 is 9.53 Å². The summed E-state index contributed by atoms with van der Waals surface area (Å²) in [6, 6.07) is 10.5. The molecule has 1 aromatic heterocycles. The maximum Gasteiger partial charge on any atom is 0.262 e. The van der Waals surface area contributed by atoms with Crippen molar-refractivity contribution in [3.05, 3.63) is 62.7 Å². The van der Waals surface area contributed by atoms with Gasteiger partial charge in [0.25, 0.3) is 5.91 Å². The first kappa shape index (κ1) is 18.8. The number of aryl methyl sites for hydroxylation is 2. The zero-order valence-corrected chi connectivity index (χ0v) is 16.3. The highest BCUT2D eigenvalue weighted by Crippen LogP contribution is 2.37. The Morgan fingerprint density at radius 2 is 1.85 bits per heavy atom. The van der Waals surface area contributed by atoms with Crippen LogP contribution in [0.25, 0.3) is 10.9 Å². The fourth-order valence-corrected chi connectivity index (χ4v) is 3.22. The van der Waals surface area contributed by atoms with Gasteiger partial charge in [0.05, 0.1) is 10.0 Å². The van der Waals surface area contributed by atoms with Gasteiger partial charge in [-0.15, -0.1) is 0 Å². The number of nitrogens with one attached hydrogen (secondary N) is 1. The molecular weight excluding hydrogens is 395 g/mol. The number of pyridine rings is 1. The quantitative estimate of drug-likeness (QED) is 0.590. The number of nitrogens with zero attached hydrogens (tertiary/aromatic N) is 1. The Bertz CT molecular complexity index is 1010. The summed E-state index contributed by atoms with van der Waals surface area (Å²) in [6.07, 6.45) is 0. The smallest absolute Gasteiger partial charge is 0.262 e. The molecule has 0 radical (unpaired) electrons. The molecule has 1 heterocycles. The normalized spacial score (nSPS) is 10.8. The van der Waals surface area contributed by atoms with Crippen molar-refractivity contribution in [2.24, 2.45) is 0 Å². The summed E-state index contributed by atoms with van der Waals surface area (Å²) in [5.74, 6) is -0.00470. The number of amides is 1. The lowest BCUT2D eigenvalue weighted by molar-refractivity contribution is -0.118. The molecule has 7 heteroatoms. The molecule has 134 valence electrons. The van der Waals surface area contributed by atoms with Crippen LogP contribution in [0.2, 0.25) is 15.1 Å². The maximum atomic E-state index is 12.3. The third-order valence-corrected chi connectivity index (χ3v) is 4.63. The summed E-state index contributed by atoms with van der Waals surface area (Å²) in [5.41, 5.74) is 2.84. The fraction of sp³-hybridized carbons (Fsp3) is 0.158. The molecule has 3 aromatic rings. The minimum Gasteiger partial charge on any atom is -0.480 e. The van der Waals surface area contributed by atoms with Crippen molar-refractivity contribution in [2.75, 3.05) is 11.9 Å². The molecule has 4 nitrogen and oxygen atoms in total. The number of aromatic nitrogens is 1. The van der Waals surface area contributed by atoms with E-state index in [1.807, 2.05) is 32.0 Å². The van der Waals surface area contributed by atoms with Gasteiger partial charge in [-0.1, -0.05) is 40.9 Å². The van der Waals surface area contributed by atoms with Crippen molar-refractivity contribution in [1.82, 2.24) is 4.98 Å². The first-order valence-electron chi connectivity index (χ1n) is 7.79. The number of rotatable bonds is 4. The number of fused-ring (bicyclic) bond motifs is 1. The van der Waals surface area contributed by atoms with Crippen LogP contribution in [0, 0.1) is 13.8 Å². The molecule has 0 saturated heterocycles. The van der Waals surface area contributed by atoms with Gasteiger partial charge >= 0.3 is 0 Å². The molecule has 0 fully saturated rings.